The SMILES string of the molecule is CCCNC(Cc1ccccc1)C1CCCCS1. The second-order valence-corrected chi connectivity index (χ2v) is 6.50. The van der Waals surface area contributed by atoms with Gasteiger partial charge in [-0.05, 0) is 43.5 Å². The first-order chi connectivity index (χ1) is 8.90. The van der Waals surface area contributed by atoms with Gasteiger partial charge in [-0.2, -0.15) is 11.8 Å². The Labute approximate surface area is 116 Å². The highest BCUT2D eigenvalue weighted by Crippen LogP contribution is 2.29. The van der Waals surface area contributed by atoms with Crippen LogP contribution in [-0.2, 0) is 6.42 Å². The molecule has 0 aliphatic carbocycles. The highest BCUT2D eigenvalue weighted by atomic mass is 32.2. The van der Waals surface area contributed by atoms with Crippen LogP contribution >= 0.6 is 11.8 Å². The lowest BCUT2D eigenvalue weighted by atomic mass is 9.99. The molecule has 0 bridgehead atoms. The maximum atomic E-state index is 3.77. The van der Waals surface area contributed by atoms with Crippen molar-refractivity contribution in [2.45, 2.75) is 50.3 Å². The zero-order valence-corrected chi connectivity index (χ0v) is 12.2. The first-order valence-electron chi connectivity index (χ1n) is 7.29. The predicted molar refractivity (Wildman–Crippen MR) is 82.3 cm³/mol. The Morgan fingerprint density at radius 3 is 2.78 bits per heavy atom. The summed E-state index contributed by atoms with van der Waals surface area (Å²) in [6.07, 6.45) is 6.61. The third kappa shape index (κ3) is 4.33. The van der Waals surface area contributed by atoms with Crippen LogP contribution in [0.4, 0.5) is 0 Å². The number of thioether (sulfide) groups is 1. The molecule has 0 spiro atoms. The number of nitrogens with one attached hydrogen (secondary N) is 1. The van der Waals surface area contributed by atoms with Gasteiger partial charge in [0.25, 0.3) is 0 Å². The molecule has 1 aliphatic heterocycles. The fourth-order valence-electron chi connectivity index (χ4n) is 2.62. The van der Waals surface area contributed by atoms with Crippen molar-refractivity contribution in [1.29, 1.82) is 0 Å². The quantitative estimate of drug-likeness (QED) is 0.836. The number of rotatable bonds is 6. The Bertz CT molecular complexity index is 319. The third-order valence-electron chi connectivity index (χ3n) is 3.62. The number of hydrogen-bond donors (Lipinski definition) is 1. The zero-order chi connectivity index (χ0) is 12.6. The molecule has 1 heterocycles. The maximum Gasteiger partial charge on any atom is 0.0226 e. The van der Waals surface area contributed by atoms with Crippen molar-refractivity contribution in [3.8, 4) is 0 Å². The predicted octanol–water partition coefficient (Wildman–Crippen LogP) is 3.88. The summed E-state index contributed by atoms with van der Waals surface area (Å²) in [5.41, 5.74) is 1.47. The van der Waals surface area contributed by atoms with Crippen LogP contribution in [0.3, 0.4) is 0 Å². The van der Waals surface area contributed by atoms with Gasteiger partial charge in [0.15, 0.2) is 0 Å². The lowest BCUT2D eigenvalue weighted by Gasteiger charge is -2.30. The standard InChI is InChI=1S/C16H25NS/c1-2-11-17-15(16-10-6-7-12-18-16)13-14-8-4-3-5-9-14/h3-5,8-9,15-17H,2,6-7,10-13H2,1H3. The summed E-state index contributed by atoms with van der Waals surface area (Å²) in [6, 6.07) is 11.6. The fraction of sp³-hybridized carbons (Fsp3) is 0.625. The molecule has 2 unspecified atom stereocenters. The average molecular weight is 263 g/mol. The molecule has 0 amide bonds. The second-order valence-electron chi connectivity index (χ2n) is 5.16. The van der Waals surface area contributed by atoms with Crippen LogP contribution in [-0.4, -0.2) is 23.6 Å². The van der Waals surface area contributed by atoms with E-state index >= 15 is 0 Å². The van der Waals surface area contributed by atoms with Crippen molar-refractivity contribution in [1.82, 2.24) is 5.32 Å². The van der Waals surface area contributed by atoms with E-state index in [-0.39, 0.29) is 0 Å². The summed E-state index contributed by atoms with van der Waals surface area (Å²) >= 11 is 2.18. The molecule has 100 valence electrons. The molecule has 0 saturated carbocycles. The fourth-order valence-corrected chi connectivity index (χ4v) is 4.05. The van der Waals surface area contributed by atoms with Crippen molar-refractivity contribution < 1.29 is 0 Å². The molecule has 1 aliphatic rings. The summed E-state index contributed by atoms with van der Waals surface area (Å²) in [6.45, 7) is 3.40. The van der Waals surface area contributed by atoms with Gasteiger partial charge >= 0.3 is 0 Å². The average Bonchev–Trinajstić information content (AvgIpc) is 2.45. The van der Waals surface area contributed by atoms with Crippen LogP contribution in [0.1, 0.15) is 38.2 Å². The molecule has 2 heteroatoms. The molecule has 2 atom stereocenters. The van der Waals surface area contributed by atoms with Gasteiger partial charge in [0.05, 0.1) is 0 Å². The van der Waals surface area contributed by atoms with E-state index in [1.165, 1.54) is 43.4 Å². The van der Waals surface area contributed by atoms with Gasteiger partial charge in [0.2, 0.25) is 0 Å². The lowest BCUT2D eigenvalue weighted by Crippen LogP contribution is -2.41. The highest BCUT2D eigenvalue weighted by molar-refractivity contribution is 8.00. The molecule has 1 aromatic carbocycles. The molecule has 1 fully saturated rings. The maximum absolute atomic E-state index is 3.77. The minimum absolute atomic E-state index is 0.651. The summed E-state index contributed by atoms with van der Waals surface area (Å²) in [7, 11) is 0. The van der Waals surface area contributed by atoms with Crippen LogP contribution < -0.4 is 5.32 Å². The summed E-state index contributed by atoms with van der Waals surface area (Å²) in [5.74, 6) is 1.35. The molecule has 1 saturated heterocycles. The van der Waals surface area contributed by atoms with Crippen LogP contribution in [0.2, 0.25) is 0 Å². The van der Waals surface area contributed by atoms with Crippen molar-refractivity contribution in [2.24, 2.45) is 0 Å². The molecular formula is C16H25NS. The largest absolute Gasteiger partial charge is 0.313 e. The Kier molecular flexibility index (Phi) is 6.09. The topological polar surface area (TPSA) is 12.0 Å². The van der Waals surface area contributed by atoms with Gasteiger partial charge in [-0.3, -0.25) is 0 Å². The Balaban J connectivity index is 1.95. The smallest absolute Gasteiger partial charge is 0.0226 e. The lowest BCUT2D eigenvalue weighted by molar-refractivity contribution is 0.461. The van der Waals surface area contributed by atoms with E-state index in [0.29, 0.717) is 6.04 Å². The zero-order valence-electron chi connectivity index (χ0n) is 11.4. The molecular weight excluding hydrogens is 238 g/mol. The van der Waals surface area contributed by atoms with Crippen LogP contribution in [0, 0.1) is 0 Å². The van der Waals surface area contributed by atoms with Crippen molar-refractivity contribution in [3.05, 3.63) is 35.9 Å². The van der Waals surface area contributed by atoms with Gasteiger partial charge in [-0.15, -0.1) is 0 Å². The minimum atomic E-state index is 0.651. The summed E-state index contributed by atoms with van der Waals surface area (Å²) < 4.78 is 0. The molecule has 1 aromatic rings. The Hall–Kier alpha value is -0.470. The van der Waals surface area contributed by atoms with Crippen LogP contribution in [0.25, 0.3) is 0 Å². The van der Waals surface area contributed by atoms with Gasteiger partial charge in [-0.25, -0.2) is 0 Å². The second kappa shape index (κ2) is 7.85. The van der Waals surface area contributed by atoms with Crippen LogP contribution in [0.5, 0.6) is 0 Å². The first kappa shape index (κ1) is 14.0. The molecule has 1 N–H and O–H groups in total. The monoisotopic (exact) mass is 263 g/mol. The summed E-state index contributed by atoms with van der Waals surface area (Å²) in [5, 5.41) is 4.58. The Morgan fingerprint density at radius 1 is 1.28 bits per heavy atom. The van der Waals surface area contributed by atoms with Crippen molar-refractivity contribution >= 4 is 11.8 Å². The van der Waals surface area contributed by atoms with Crippen molar-refractivity contribution in [2.75, 3.05) is 12.3 Å². The van der Waals surface area contributed by atoms with Gasteiger partial charge in [0.1, 0.15) is 0 Å². The molecule has 0 radical (unpaired) electrons. The van der Waals surface area contributed by atoms with Crippen LogP contribution in [0.15, 0.2) is 30.3 Å². The van der Waals surface area contributed by atoms with E-state index in [1.54, 1.807) is 0 Å². The Morgan fingerprint density at radius 2 is 2.11 bits per heavy atom. The number of hydrogen-bond acceptors (Lipinski definition) is 2. The molecule has 0 aromatic heterocycles. The highest BCUT2D eigenvalue weighted by Gasteiger charge is 2.23. The molecule has 18 heavy (non-hydrogen) atoms. The van der Waals surface area contributed by atoms with E-state index in [1.807, 2.05) is 0 Å². The van der Waals surface area contributed by atoms with E-state index < -0.39 is 0 Å². The first-order valence-corrected chi connectivity index (χ1v) is 8.34. The third-order valence-corrected chi connectivity index (χ3v) is 5.14. The molecule has 1 nitrogen and oxygen atoms in total. The van der Waals surface area contributed by atoms with E-state index in [0.717, 1.165) is 11.8 Å². The van der Waals surface area contributed by atoms with Gasteiger partial charge in [-0.1, -0.05) is 43.7 Å². The minimum Gasteiger partial charge on any atom is -0.313 e. The summed E-state index contributed by atoms with van der Waals surface area (Å²) in [4.78, 5) is 0. The van der Waals surface area contributed by atoms with Gasteiger partial charge < -0.3 is 5.32 Å². The van der Waals surface area contributed by atoms with Crippen molar-refractivity contribution in [3.63, 3.8) is 0 Å². The molecule has 2 rings (SSSR count). The van der Waals surface area contributed by atoms with E-state index in [9.17, 15) is 0 Å². The van der Waals surface area contributed by atoms with Gasteiger partial charge in [0, 0.05) is 11.3 Å². The normalized spacial score (nSPS) is 21.7. The van der Waals surface area contributed by atoms with E-state index in [2.05, 4.69) is 54.3 Å². The van der Waals surface area contributed by atoms with E-state index in [4.69, 9.17) is 0 Å². The number of benzene rings is 1.